The second kappa shape index (κ2) is 7.27. The van der Waals surface area contributed by atoms with Crippen molar-refractivity contribution in [2.45, 2.75) is 13.5 Å². The van der Waals surface area contributed by atoms with Crippen LogP contribution in [0.5, 0.6) is 5.75 Å². The Labute approximate surface area is 122 Å². The minimum atomic E-state index is -0.155. The summed E-state index contributed by atoms with van der Waals surface area (Å²) in [5.41, 5.74) is 1.44. The summed E-state index contributed by atoms with van der Waals surface area (Å²) in [4.78, 5) is 15.7. The molecule has 0 amide bonds. The van der Waals surface area contributed by atoms with Crippen LogP contribution >= 0.6 is 0 Å². The van der Waals surface area contributed by atoms with Gasteiger partial charge in [0.15, 0.2) is 0 Å². The molecule has 0 aliphatic carbocycles. The quantitative estimate of drug-likeness (QED) is 0.850. The Balaban J connectivity index is 1.90. The highest BCUT2D eigenvalue weighted by Gasteiger charge is 1.98. The molecule has 0 bridgehead atoms. The fourth-order valence-corrected chi connectivity index (χ4v) is 1.72. The Morgan fingerprint density at radius 3 is 2.76 bits per heavy atom. The van der Waals surface area contributed by atoms with Crippen molar-refractivity contribution < 1.29 is 9.84 Å². The summed E-state index contributed by atoms with van der Waals surface area (Å²) < 4.78 is 7.08. The van der Waals surface area contributed by atoms with E-state index >= 15 is 0 Å². The van der Waals surface area contributed by atoms with Crippen LogP contribution in [0, 0.1) is 18.8 Å². The van der Waals surface area contributed by atoms with Crippen molar-refractivity contribution in [1.82, 2.24) is 9.55 Å². The van der Waals surface area contributed by atoms with E-state index in [9.17, 15) is 4.79 Å². The molecule has 1 aromatic carbocycles. The predicted octanol–water partition coefficient (Wildman–Crippen LogP) is 0.975. The van der Waals surface area contributed by atoms with Gasteiger partial charge in [0.25, 0.3) is 5.56 Å². The lowest BCUT2D eigenvalue weighted by Crippen LogP contribution is -2.23. The highest BCUT2D eigenvalue weighted by molar-refractivity contribution is 5.38. The second-order valence-electron chi connectivity index (χ2n) is 4.39. The third kappa shape index (κ3) is 4.48. The molecule has 0 spiro atoms. The molecule has 5 heteroatoms. The highest BCUT2D eigenvalue weighted by Crippen LogP contribution is 2.11. The maximum absolute atomic E-state index is 11.7. The monoisotopic (exact) mass is 284 g/mol. The number of aliphatic hydroxyl groups is 1. The van der Waals surface area contributed by atoms with Crippen LogP contribution < -0.4 is 10.3 Å². The van der Waals surface area contributed by atoms with E-state index in [0.29, 0.717) is 24.6 Å². The zero-order chi connectivity index (χ0) is 15.1. The summed E-state index contributed by atoms with van der Waals surface area (Å²) >= 11 is 0. The van der Waals surface area contributed by atoms with Crippen LogP contribution in [-0.4, -0.2) is 27.9 Å². The van der Waals surface area contributed by atoms with E-state index in [0.717, 1.165) is 5.56 Å². The number of benzene rings is 1. The molecule has 1 aromatic heterocycles. The van der Waals surface area contributed by atoms with Crippen LogP contribution in [0.15, 0.2) is 41.5 Å². The molecule has 1 heterocycles. The lowest BCUT2D eigenvalue weighted by molar-refractivity contribution is 0.295. The van der Waals surface area contributed by atoms with Gasteiger partial charge in [0, 0.05) is 17.3 Å². The van der Waals surface area contributed by atoms with E-state index in [2.05, 4.69) is 16.8 Å². The van der Waals surface area contributed by atoms with Gasteiger partial charge in [-0.25, -0.2) is 4.98 Å². The number of rotatable bonds is 4. The molecule has 0 atom stereocenters. The van der Waals surface area contributed by atoms with Gasteiger partial charge in [0.2, 0.25) is 0 Å². The van der Waals surface area contributed by atoms with Gasteiger partial charge in [0.1, 0.15) is 19.0 Å². The van der Waals surface area contributed by atoms with Crippen molar-refractivity contribution in [1.29, 1.82) is 0 Å². The Bertz CT molecular complexity index is 709. The SMILES string of the molecule is Cc1cc(=O)n(CCOc2ccc(C#CCO)cc2)cn1. The fourth-order valence-electron chi connectivity index (χ4n) is 1.72. The van der Waals surface area contributed by atoms with Crippen molar-refractivity contribution in [2.75, 3.05) is 13.2 Å². The molecule has 1 N–H and O–H groups in total. The third-order valence-electron chi connectivity index (χ3n) is 2.78. The van der Waals surface area contributed by atoms with Crippen LogP contribution in [0.3, 0.4) is 0 Å². The van der Waals surface area contributed by atoms with Crippen molar-refractivity contribution in [3.8, 4) is 17.6 Å². The Morgan fingerprint density at radius 2 is 2.10 bits per heavy atom. The van der Waals surface area contributed by atoms with E-state index in [-0.39, 0.29) is 12.2 Å². The molecule has 0 aliphatic rings. The van der Waals surface area contributed by atoms with E-state index in [1.807, 2.05) is 12.1 Å². The normalized spacial score (nSPS) is 9.81. The molecule has 0 unspecified atom stereocenters. The summed E-state index contributed by atoms with van der Waals surface area (Å²) in [6.07, 6.45) is 1.52. The van der Waals surface area contributed by atoms with Crippen molar-refractivity contribution in [2.24, 2.45) is 0 Å². The summed E-state index contributed by atoms with van der Waals surface area (Å²) in [6.45, 7) is 2.45. The molecule has 0 saturated carbocycles. The maximum Gasteiger partial charge on any atom is 0.253 e. The Kier molecular flexibility index (Phi) is 5.13. The minimum Gasteiger partial charge on any atom is -0.492 e. The lowest BCUT2D eigenvalue weighted by atomic mass is 10.2. The fraction of sp³-hybridized carbons (Fsp3) is 0.250. The smallest absolute Gasteiger partial charge is 0.253 e. The van der Waals surface area contributed by atoms with Gasteiger partial charge in [-0.1, -0.05) is 11.8 Å². The van der Waals surface area contributed by atoms with Gasteiger partial charge < -0.3 is 9.84 Å². The van der Waals surface area contributed by atoms with Gasteiger partial charge in [-0.2, -0.15) is 0 Å². The summed E-state index contributed by atoms with van der Waals surface area (Å²) in [7, 11) is 0. The molecule has 108 valence electrons. The number of hydrogen-bond donors (Lipinski definition) is 1. The number of aryl methyl sites for hydroxylation is 1. The largest absolute Gasteiger partial charge is 0.492 e. The summed E-state index contributed by atoms with van der Waals surface area (Å²) in [5.74, 6) is 6.09. The second-order valence-corrected chi connectivity index (χ2v) is 4.39. The first-order valence-electron chi connectivity index (χ1n) is 6.55. The minimum absolute atomic E-state index is 0.0827. The third-order valence-corrected chi connectivity index (χ3v) is 2.78. The number of nitrogens with zero attached hydrogens (tertiary/aromatic N) is 2. The van der Waals surface area contributed by atoms with E-state index in [1.54, 1.807) is 19.1 Å². The summed E-state index contributed by atoms with van der Waals surface area (Å²) in [5, 5.41) is 8.61. The zero-order valence-corrected chi connectivity index (χ0v) is 11.7. The number of ether oxygens (including phenoxy) is 1. The average molecular weight is 284 g/mol. The first kappa shape index (κ1) is 14.8. The molecule has 0 radical (unpaired) electrons. The van der Waals surface area contributed by atoms with Crippen LogP contribution in [0.1, 0.15) is 11.3 Å². The van der Waals surface area contributed by atoms with Crippen molar-refractivity contribution >= 4 is 0 Å². The first-order valence-corrected chi connectivity index (χ1v) is 6.55. The Morgan fingerprint density at radius 1 is 1.33 bits per heavy atom. The molecular formula is C16H16N2O3. The molecule has 21 heavy (non-hydrogen) atoms. The number of aliphatic hydroxyl groups excluding tert-OH is 1. The molecule has 2 aromatic rings. The van der Waals surface area contributed by atoms with Crippen LogP contribution in [-0.2, 0) is 6.54 Å². The molecule has 2 rings (SSSR count). The Hall–Kier alpha value is -2.58. The average Bonchev–Trinajstić information content (AvgIpc) is 2.48. The molecule has 0 aliphatic heterocycles. The standard InChI is InChI=1S/C16H16N2O3/c1-13-11-16(20)18(12-17-13)8-10-21-15-6-4-14(5-7-15)3-2-9-19/h4-7,11-12,19H,8-10H2,1H3. The molecule has 5 nitrogen and oxygen atoms in total. The predicted molar refractivity (Wildman–Crippen MR) is 79.1 cm³/mol. The van der Waals surface area contributed by atoms with Gasteiger partial charge in [-0.05, 0) is 31.2 Å². The van der Waals surface area contributed by atoms with Crippen LogP contribution in [0.2, 0.25) is 0 Å². The first-order chi connectivity index (χ1) is 10.2. The highest BCUT2D eigenvalue weighted by atomic mass is 16.5. The molecule has 0 saturated heterocycles. The number of aromatic nitrogens is 2. The van der Waals surface area contributed by atoms with Crippen molar-refractivity contribution in [3.63, 3.8) is 0 Å². The van der Waals surface area contributed by atoms with E-state index < -0.39 is 0 Å². The van der Waals surface area contributed by atoms with Crippen molar-refractivity contribution in [3.05, 3.63) is 58.3 Å². The zero-order valence-electron chi connectivity index (χ0n) is 11.7. The van der Waals surface area contributed by atoms with E-state index in [4.69, 9.17) is 9.84 Å². The number of hydrogen-bond acceptors (Lipinski definition) is 4. The summed E-state index contributed by atoms with van der Waals surface area (Å²) in [6, 6.07) is 8.74. The van der Waals surface area contributed by atoms with Gasteiger partial charge in [-0.3, -0.25) is 9.36 Å². The van der Waals surface area contributed by atoms with Gasteiger partial charge >= 0.3 is 0 Å². The maximum atomic E-state index is 11.7. The lowest BCUT2D eigenvalue weighted by Gasteiger charge is -2.08. The van der Waals surface area contributed by atoms with Gasteiger partial charge in [0.05, 0.1) is 12.9 Å². The topological polar surface area (TPSA) is 64.3 Å². The van der Waals surface area contributed by atoms with Crippen LogP contribution in [0.25, 0.3) is 0 Å². The molecular weight excluding hydrogens is 268 g/mol. The molecule has 0 fully saturated rings. The van der Waals surface area contributed by atoms with E-state index in [1.165, 1.54) is 17.0 Å². The van der Waals surface area contributed by atoms with Gasteiger partial charge in [-0.15, -0.1) is 0 Å². The van der Waals surface area contributed by atoms with Crippen LogP contribution in [0.4, 0.5) is 0 Å².